The van der Waals surface area contributed by atoms with E-state index in [0.717, 1.165) is 0 Å². The predicted molar refractivity (Wildman–Crippen MR) is 82.9 cm³/mol. The lowest BCUT2D eigenvalue weighted by molar-refractivity contribution is 0.429. The molecular formula is C16H10FN5O2. The standard InChI is InChI=1S/C16H10FN5O2/c17-13-7-2-1-6-12(13)15-20-14(21-24-15)10-4-3-5-11(8-10)22-16(23)18-9-19-22/h1-9H,(H,18,19,23). The summed E-state index contributed by atoms with van der Waals surface area (Å²) in [6.07, 6.45) is 1.31. The van der Waals surface area contributed by atoms with Gasteiger partial charge in [0.1, 0.15) is 12.1 Å². The highest BCUT2D eigenvalue weighted by Gasteiger charge is 2.14. The number of nitrogens with one attached hydrogen (secondary N) is 1. The van der Waals surface area contributed by atoms with Crippen molar-refractivity contribution < 1.29 is 8.91 Å². The fourth-order valence-corrected chi connectivity index (χ4v) is 2.30. The van der Waals surface area contributed by atoms with E-state index in [9.17, 15) is 9.18 Å². The molecule has 7 nitrogen and oxygen atoms in total. The summed E-state index contributed by atoms with van der Waals surface area (Å²) < 4.78 is 20.2. The fourth-order valence-electron chi connectivity index (χ4n) is 2.30. The summed E-state index contributed by atoms with van der Waals surface area (Å²) in [5, 5.41) is 7.80. The predicted octanol–water partition coefficient (Wildman–Crippen LogP) is 2.42. The van der Waals surface area contributed by atoms with E-state index >= 15 is 0 Å². The molecule has 0 bridgehead atoms. The third-order valence-electron chi connectivity index (χ3n) is 3.43. The van der Waals surface area contributed by atoms with Crippen LogP contribution >= 0.6 is 0 Å². The molecule has 0 saturated heterocycles. The second-order valence-corrected chi connectivity index (χ2v) is 4.96. The molecule has 8 heteroatoms. The van der Waals surface area contributed by atoms with Gasteiger partial charge in [-0.2, -0.15) is 14.8 Å². The number of aromatic nitrogens is 5. The second kappa shape index (κ2) is 5.58. The number of halogens is 1. The third-order valence-corrected chi connectivity index (χ3v) is 3.43. The van der Waals surface area contributed by atoms with Gasteiger partial charge in [0, 0.05) is 5.56 Å². The Bertz CT molecular complexity index is 1070. The van der Waals surface area contributed by atoms with Gasteiger partial charge in [-0.3, -0.25) is 4.98 Å². The first kappa shape index (κ1) is 14.1. The van der Waals surface area contributed by atoms with Crippen molar-refractivity contribution in [2.45, 2.75) is 0 Å². The summed E-state index contributed by atoms with van der Waals surface area (Å²) in [5.41, 5.74) is 1.05. The minimum Gasteiger partial charge on any atom is -0.334 e. The Morgan fingerprint density at radius 1 is 1.12 bits per heavy atom. The molecule has 0 saturated carbocycles. The Hall–Kier alpha value is -3.55. The van der Waals surface area contributed by atoms with Gasteiger partial charge in [0.2, 0.25) is 5.82 Å². The largest absolute Gasteiger partial charge is 0.347 e. The van der Waals surface area contributed by atoms with Crippen LogP contribution in [0.25, 0.3) is 28.5 Å². The van der Waals surface area contributed by atoms with E-state index in [0.29, 0.717) is 17.1 Å². The van der Waals surface area contributed by atoms with Crippen molar-refractivity contribution in [3.05, 3.63) is 71.2 Å². The fraction of sp³-hybridized carbons (Fsp3) is 0. The molecule has 0 fully saturated rings. The van der Waals surface area contributed by atoms with E-state index in [1.165, 1.54) is 17.1 Å². The lowest BCUT2D eigenvalue weighted by atomic mass is 10.2. The molecule has 0 aliphatic rings. The normalized spacial score (nSPS) is 10.9. The molecule has 0 spiro atoms. The summed E-state index contributed by atoms with van der Waals surface area (Å²) >= 11 is 0. The average Bonchev–Trinajstić information content (AvgIpc) is 3.24. The molecule has 1 N–H and O–H groups in total. The smallest absolute Gasteiger partial charge is 0.334 e. The van der Waals surface area contributed by atoms with Crippen LogP contribution in [0.15, 0.2) is 64.2 Å². The van der Waals surface area contributed by atoms with Crippen LogP contribution in [0.3, 0.4) is 0 Å². The number of benzene rings is 2. The zero-order chi connectivity index (χ0) is 16.5. The molecule has 2 aromatic carbocycles. The zero-order valence-corrected chi connectivity index (χ0v) is 12.2. The highest BCUT2D eigenvalue weighted by molar-refractivity contribution is 5.62. The molecule has 24 heavy (non-hydrogen) atoms. The molecule has 4 aromatic rings. The van der Waals surface area contributed by atoms with Gasteiger partial charge in [-0.05, 0) is 24.3 Å². The van der Waals surface area contributed by atoms with E-state index in [1.807, 2.05) is 0 Å². The van der Waals surface area contributed by atoms with Crippen LogP contribution in [0.1, 0.15) is 0 Å². The van der Waals surface area contributed by atoms with Gasteiger partial charge in [-0.15, -0.1) is 0 Å². The Kier molecular flexibility index (Phi) is 3.27. The molecule has 4 rings (SSSR count). The van der Waals surface area contributed by atoms with Gasteiger partial charge in [0.15, 0.2) is 0 Å². The number of H-pyrrole nitrogens is 1. The minimum atomic E-state index is -0.440. The number of aromatic amines is 1. The summed E-state index contributed by atoms with van der Waals surface area (Å²) in [6.45, 7) is 0. The Morgan fingerprint density at radius 3 is 2.79 bits per heavy atom. The highest BCUT2D eigenvalue weighted by atomic mass is 19.1. The minimum absolute atomic E-state index is 0.0884. The van der Waals surface area contributed by atoms with Gasteiger partial charge < -0.3 is 4.52 Å². The van der Waals surface area contributed by atoms with E-state index < -0.39 is 5.82 Å². The zero-order valence-electron chi connectivity index (χ0n) is 12.2. The van der Waals surface area contributed by atoms with Crippen LogP contribution in [0.2, 0.25) is 0 Å². The van der Waals surface area contributed by atoms with Crippen LogP contribution in [0, 0.1) is 5.82 Å². The first-order chi connectivity index (χ1) is 11.7. The molecule has 0 amide bonds. The summed E-state index contributed by atoms with van der Waals surface area (Å²) in [4.78, 5) is 18.3. The summed E-state index contributed by atoms with van der Waals surface area (Å²) in [5.74, 6) is -0.0614. The molecule has 2 heterocycles. The Balaban J connectivity index is 1.75. The number of hydrogen-bond donors (Lipinski definition) is 1. The van der Waals surface area contributed by atoms with Gasteiger partial charge >= 0.3 is 5.69 Å². The van der Waals surface area contributed by atoms with Crippen LogP contribution < -0.4 is 5.69 Å². The number of rotatable bonds is 3. The van der Waals surface area contributed by atoms with E-state index in [4.69, 9.17) is 4.52 Å². The molecule has 0 aliphatic carbocycles. The monoisotopic (exact) mass is 323 g/mol. The quantitative estimate of drug-likeness (QED) is 0.625. The van der Waals surface area contributed by atoms with Crippen LogP contribution in [-0.2, 0) is 0 Å². The van der Waals surface area contributed by atoms with Crippen LogP contribution in [-0.4, -0.2) is 24.9 Å². The third kappa shape index (κ3) is 2.39. The average molecular weight is 323 g/mol. The first-order valence-corrected chi connectivity index (χ1v) is 7.04. The molecule has 0 aliphatic heterocycles. The van der Waals surface area contributed by atoms with E-state index in [-0.39, 0.29) is 17.1 Å². The van der Waals surface area contributed by atoms with Crippen molar-refractivity contribution >= 4 is 0 Å². The van der Waals surface area contributed by atoms with Crippen molar-refractivity contribution in [2.75, 3.05) is 0 Å². The number of hydrogen-bond acceptors (Lipinski definition) is 5. The first-order valence-electron chi connectivity index (χ1n) is 7.04. The molecule has 0 atom stereocenters. The van der Waals surface area contributed by atoms with Gasteiger partial charge in [-0.1, -0.05) is 29.4 Å². The van der Waals surface area contributed by atoms with E-state index in [1.54, 1.807) is 42.5 Å². The summed E-state index contributed by atoms with van der Waals surface area (Å²) in [7, 11) is 0. The van der Waals surface area contributed by atoms with Gasteiger partial charge in [0.25, 0.3) is 5.89 Å². The lowest BCUT2D eigenvalue weighted by Gasteiger charge is -2.00. The van der Waals surface area contributed by atoms with Crippen LogP contribution in [0.5, 0.6) is 0 Å². The maximum absolute atomic E-state index is 13.8. The molecule has 2 aromatic heterocycles. The van der Waals surface area contributed by atoms with Gasteiger partial charge in [0.05, 0.1) is 11.3 Å². The second-order valence-electron chi connectivity index (χ2n) is 4.96. The van der Waals surface area contributed by atoms with Crippen molar-refractivity contribution in [3.63, 3.8) is 0 Å². The van der Waals surface area contributed by atoms with Gasteiger partial charge in [-0.25, -0.2) is 9.18 Å². The Morgan fingerprint density at radius 2 is 2.00 bits per heavy atom. The SMILES string of the molecule is O=c1[nH]cnn1-c1cccc(-c2noc(-c3ccccc3F)n2)c1. The van der Waals surface area contributed by atoms with Crippen molar-refractivity contribution in [1.29, 1.82) is 0 Å². The Labute approximate surface area is 134 Å². The number of nitrogens with zero attached hydrogens (tertiary/aromatic N) is 4. The lowest BCUT2D eigenvalue weighted by Crippen LogP contribution is -2.15. The van der Waals surface area contributed by atoms with Crippen molar-refractivity contribution in [2.24, 2.45) is 0 Å². The highest BCUT2D eigenvalue weighted by Crippen LogP contribution is 2.25. The molecular weight excluding hydrogens is 313 g/mol. The molecule has 0 radical (unpaired) electrons. The maximum atomic E-state index is 13.8. The molecule has 0 unspecified atom stereocenters. The summed E-state index contributed by atoms with van der Waals surface area (Å²) in [6, 6.07) is 13.1. The molecule has 118 valence electrons. The van der Waals surface area contributed by atoms with Crippen molar-refractivity contribution in [3.8, 4) is 28.5 Å². The topological polar surface area (TPSA) is 89.6 Å². The van der Waals surface area contributed by atoms with Crippen molar-refractivity contribution in [1.82, 2.24) is 24.9 Å². The maximum Gasteiger partial charge on any atom is 0.347 e. The van der Waals surface area contributed by atoms with E-state index in [2.05, 4.69) is 20.2 Å². The van der Waals surface area contributed by atoms with Crippen LogP contribution in [0.4, 0.5) is 4.39 Å².